The minimum absolute atomic E-state index is 0.302. The summed E-state index contributed by atoms with van der Waals surface area (Å²) >= 11 is 0. The zero-order valence-electron chi connectivity index (χ0n) is 10.8. The Morgan fingerprint density at radius 2 is 2.00 bits per heavy atom. The predicted molar refractivity (Wildman–Crippen MR) is 69.9 cm³/mol. The van der Waals surface area contributed by atoms with Gasteiger partial charge >= 0.3 is 0 Å². The standard InChI is InChI=1S/C14H25NO2/c1-2-7-14(17)13-8-10-15(12-13)9-5-3-4-6-11-16/h8,10,12,14,16-17H,2-7,9,11H2,1H3. The van der Waals surface area contributed by atoms with Gasteiger partial charge in [-0.25, -0.2) is 0 Å². The van der Waals surface area contributed by atoms with Gasteiger partial charge in [0.1, 0.15) is 0 Å². The van der Waals surface area contributed by atoms with Gasteiger partial charge in [-0.1, -0.05) is 26.2 Å². The zero-order chi connectivity index (χ0) is 12.5. The van der Waals surface area contributed by atoms with Crippen LogP contribution < -0.4 is 0 Å². The van der Waals surface area contributed by atoms with Gasteiger partial charge in [0, 0.05) is 25.5 Å². The van der Waals surface area contributed by atoms with Crippen molar-refractivity contribution in [2.75, 3.05) is 6.61 Å². The Labute approximate surface area is 104 Å². The number of aromatic nitrogens is 1. The quantitative estimate of drug-likeness (QED) is 0.651. The minimum atomic E-state index is -0.310. The Bertz CT molecular complexity index is 296. The fraction of sp³-hybridized carbons (Fsp3) is 0.714. The van der Waals surface area contributed by atoms with E-state index in [0.717, 1.165) is 50.6 Å². The Hall–Kier alpha value is -0.800. The van der Waals surface area contributed by atoms with Crippen LogP contribution in [0.5, 0.6) is 0 Å². The second-order valence-corrected chi connectivity index (χ2v) is 4.62. The van der Waals surface area contributed by atoms with Crippen molar-refractivity contribution in [2.45, 2.75) is 58.1 Å². The Balaban J connectivity index is 2.25. The average Bonchev–Trinajstić information content (AvgIpc) is 2.78. The zero-order valence-corrected chi connectivity index (χ0v) is 10.8. The highest BCUT2D eigenvalue weighted by Gasteiger charge is 2.07. The molecule has 1 aromatic heterocycles. The third-order valence-electron chi connectivity index (χ3n) is 3.04. The van der Waals surface area contributed by atoms with Crippen molar-refractivity contribution < 1.29 is 10.2 Å². The molecular weight excluding hydrogens is 214 g/mol. The lowest BCUT2D eigenvalue weighted by Gasteiger charge is -2.06. The van der Waals surface area contributed by atoms with Gasteiger partial charge in [-0.3, -0.25) is 0 Å². The number of aliphatic hydroxyl groups excluding tert-OH is 2. The number of aliphatic hydroxyl groups is 2. The molecule has 0 saturated heterocycles. The normalized spacial score (nSPS) is 12.9. The number of nitrogens with zero attached hydrogens (tertiary/aromatic N) is 1. The SMILES string of the molecule is CCCC(O)c1ccn(CCCCCCO)c1. The van der Waals surface area contributed by atoms with Crippen LogP contribution >= 0.6 is 0 Å². The highest BCUT2D eigenvalue weighted by molar-refractivity contribution is 5.13. The highest BCUT2D eigenvalue weighted by atomic mass is 16.3. The van der Waals surface area contributed by atoms with Crippen molar-refractivity contribution in [2.24, 2.45) is 0 Å². The molecule has 0 saturated carbocycles. The molecule has 0 spiro atoms. The van der Waals surface area contributed by atoms with Crippen LogP contribution in [0.4, 0.5) is 0 Å². The van der Waals surface area contributed by atoms with E-state index in [4.69, 9.17) is 5.11 Å². The van der Waals surface area contributed by atoms with E-state index in [1.807, 2.05) is 18.5 Å². The van der Waals surface area contributed by atoms with E-state index in [1.54, 1.807) is 0 Å². The van der Waals surface area contributed by atoms with Crippen molar-refractivity contribution in [3.63, 3.8) is 0 Å². The predicted octanol–water partition coefficient (Wildman–Crippen LogP) is 2.87. The first kappa shape index (κ1) is 14.3. The van der Waals surface area contributed by atoms with Crippen molar-refractivity contribution >= 4 is 0 Å². The monoisotopic (exact) mass is 239 g/mol. The van der Waals surface area contributed by atoms with Crippen LogP contribution in [0.3, 0.4) is 0 Å². The molecule has 1 atom stereocenters. The summed E-state index contributed by atoms with van der Waals surface area (Å²) in [6, 6.07) is 2.01. The molecule has 17 heavy (non-hydrogen) atoms. The summed E-state index contributed by atoms with van der Waals surface area (Å²) in [5, 5.41) is 18.5. The molecule has 0 bridgehead atoms. The van der Waals surface area contributed by atoms with Crippen molar-refractivity contribution in [1.29, 1.82) is 0 Å². The molecule has 0 amide bonds. The van der Waals surface area contributed by atoms with Gasteiger partial charge in [-0.2, -0.15) is 0 Å². The highest BCUT2D eigenvalue weighted by Crippen LogP contribution is 2.18. The summed E-state index contributed by atoms with van der Waals surface area (Å²) in [6.45, 7) is 3.39. The van der Waals surface area contributed by atoms with E-state index in [9.17, 15) is 5.11 Å². The van der Waals surface area contributed by atoms with Crippen LogP contribution in [0.25, 0.3) is 0 Å². The smallest absolute Gasteiger partial charge is 0.0804 e. The first-order chi connectivity index (χ1) is 8.27. The molecular formula is C14H25NO2. The van der Waals surface area contributed by atoms with Gasteiger partial charge in [-0.15, -0.1) is 0 Å². The van der Waals surface area contributed by atoms with Gasteiger partial charge in [0.15, 0.2) is 0 Å². The van der Waals surface area contributed by atoms with E-state index < -0.39 is 0 Å². The molecule has 98 valence electrons. The molecule has 1 aromatic rings. The van der Waals surface area contributed by atoms with Crippen molar-refractivity contribution in [1.82, 2.24) is 4.57 Å². The van der Waals surface area contributed by atoms with Gasteiger partial charge in [0.25, 0.3) is 0 Å². The lowest BCUT2D eigenvalue weighted by molar-refractivity contribution is 0.166. The van der Waals surface area contributed by atoms with Crippen LogP contribution in [-0.4, -0.2) is 21.4 Å². The van der Waals surface area contributed by atoms with Crippen molar-refractivity contribution in [3.05, 3.63) is 24.0 Å². The first-order valence-electron chi connectivity index (χ1n) is 6.72. The third-order valence-corrected chi connectivity index (χ3v) is 3.04. The lowest BCUT2D eigenvalue weighted by atomic mass is 10.1. The second-order valence-electron chi connectivity index (χ2n) is 4.62. The summed E-state index contributed by atoms with van der Waals surface area (Å²) in [6.07, 6.45) is 9.93. The maximum atomic E-state index is 9.83. The molecule has 3 nitrogen and oxygen atoms in total. The summed E-state index contributed by atoms with van der Waals surface area (Å²) in [5.74, 6) is 0. The average molecular weight is 239 g/mol. The van der Waals surface area contributed by atoms with Crippen molar-refractivity contribution in [3.8, 4) is 0 Å². The first-order valence-corrected chi connectivity index (χ1v) is 6.72. The molecule has 0 aliphatic heterocycles. The Kier molecular flexibility index (Phi) is 6.97. The molecule has 1 heterocycles. The fourth-order valence-electron chi connectivity index (χ4n) is 2.00. The number of unbranched alkanes of at least 4 members (excludes halogenated alkanes) is 3. The third kappa shape index (κ3) is 5.37. The van der Waals surface area contributed by atoms with Gasteiger partial charge in [-0.05, 0) is 30.9 Å². The maximum absolute atomic E-state index is 9.83. The molecule has 0 fully saturated rings. The van der Waals surface area contributed by atoms with E-state index >= 15 is 0 Å². The maximum Gasteiger partial charge on any atom is 0.0804 e. The summed E-state index contributed by atoms with van der Waals surface area (Å²) < 4.78 is 2.15. The van der Waals surface area contributed by atoms with E-state index in [1.165, 1.54) is 0 Å². The number of hydrogen-bond acceptors (Lipinski definition) is 2. The van der Waals surface area contributed by atoms with Crippen LogP contribution in [0, 0.1) is 0 Å². The van der Waals surface area contributed by atoms with Crippen LogP contribution in [-0.2, 0) is 6.54 Å². The number of rotatable bonds is 9. The molecule has 0 aliphatic rings. The number of aryl methyl sites for hydroxylation is 1. The Morgan fingerprint density at radius 3 is 2.71 bits per heavy atom. The minimum Gasteiger partial charge on any atom is -0.396 e. The van der Waals surface area contributed by atoms with E-state index in [-0.39, 0.29) is 6.10 Å². The van der Waals surface area contributed by atoms with Crippen LogP contribution in [0.15, 0.2) is 18.5 Å². The molecule has 1 rings (SSSR count). The fourth-order valence-corrected chi connectivity index (χ4v) is 2.00. The summed E-state index contributed by atoms with van der Waals surface area (Å²) in [4.78, 5) is 0. The largest absolute Gasteiger partial charge is 0.396 e. The van der Waals surface area contributed by atoms with E-state index in [0.29, 0.717) is 6.61 Å². The Morgan fingerprint density at radius 1 is 1.24 bits per heavy atom. The van der Waals surface area contributed by atoms with Gasteiger partial charge in [0.05, 0.1) is 6.10 Å². The molecule has 0 aromatic carbocycles. The van der Waals surface area contributed by atoms with Crippen LogP contribution in [0.1, 0.15) is 57.1 Å². The molecule has 0 radical (unpaired) electrons. The van der Waals surface area contributed by atoms with Gasteiger partial charge < -0.3 is 14.8 Å². The topological polar surface area (TPSA) is 45.4 Å². The molecule has 2 N–H and O–H groups in total. The summed E-state index contributed by atoms with van der Waals surface area (Å²) in [7, 11) is 0. The van der Waals surface area contributed by atoms with Gasteiger partial charge in [0.2, 0.25) is 0 Å². The van der Waals surface area contributed by atoms with Crippen LogP contribution in [0.2, 0.25) is 0 Å². The molecule has 3 heteroatoms. The second kappa shape index (κ2) is 8.31. The molecule has 1 unspecified atom stereocenters. The molecule has 0 aliphatic carbocycles. The van der Waals surface area contributed by atoms with E-state index in [2.05, 4.69) is 11.5 Å². The summed E-state index contributed by atoms with van der Waals surface area (Å²) in [5.41, 5.74) is 1.03. The number of hydrogen-bond donors (Lipinski definition) is 2. The lowest BCUT2D eigenvalue weighted by Crippen LogP contribution is -1.97.